The first-order valence-electron chi connectivity index (χ1n) is 7.01. The number of hydrogen-bond donors (Lipinski definition) is 5. The molecule has 1 fully saturated rings. The van der Waals surface area contributed by atoms with Crippen LogP contribution < -0.4 is 5.73 Å². The zero-order valence-electron chi connectivity index (χ0n) is 11.7. The molecule has 0 aliphatic carbocycles. The summed E-state index contributed by atoms with van der Waals surface area (Å²) in [5, 5.41) is 39.4. The van der Waals surface area contributed by atoms with Crippen molar-refractivity contribution in [1.82, 2.24) is 0 Å². The molecule has 1 saturated heterocycles. The van der Waals surface area contributed by atoms with E-state index in [0.717, 1.165) is 25.7 Å². The number of ether oxygens (including phenoxy) is 1. The van der Waals surface area contributed by atoms with Gasteiger partial charge in [0.15, 0.2) is 5.79 Å². The fraction of sp³-hybridized carbons (Fsp3) is 1.00. The summed E-state index contributed by atoms with van der Waals surface area (Å²) in [6.07, 6.45) is -1.12. The molecular formula is C13H27NO5. The van der Waals surface area contributed by atoms with E-state index in [1.807, 2.05) is 0 Å². The molecule has 0 aromatic heterocycles. The fourth-order valence-corrected chi connectivity index (χ4v) is 2.50. The second-order valence-electron chi connectivity index (χ2n) is 5.55. The number of aliphatic hydroxyl groups excluding tert-OH is 3. The maximum Gasteiger partial charge on any atom is 0.196 e. The third-order valence-corrected chi connectivity index (χ3v) is 3.74. The average molecular weight is 277 g/mol. The molecular weight excluding hydrogens is 250 g/mol. The van der Waals surface area contributed by atoms with Gasteiger partial charge in [-0.25, -0.2) is 0 Å². The molecule has 0 spiro atoms. The lowest BCUT2D eigenvalue weighted by Gasteiger charge is -2.45. The minimum Gasteiger partial charge on any atom is -0.388 e. The lowest BCUT2D eigenvalue weighted by molar-refractivity contribution is -0.345. The third-order valence-electron chi connectivity index (χ3n) is 3.74. The molecule has 0 saturated carbocycles. The van der Waals surface area contributed by atoms with Crippen LogP contribution in [0.15, 0.2) is 0 Å². The van der Waals surface area contributed by atoms with Crippen molar-refractivity contribution in [3.05, 3.63) is 0 Å². The van der Waals surface area contributed by atoms with Crippen LogP contribution in [0.2, 0.25) is 0 Å². The lowest BCUT2D eigenvalue weighted by atomic mass is 9.88. The normalized spacial score (nSPS) is 41.2. The fourth-order valence-electron chi connectivity index (χ4n) is 2.50. The van der Waals surface area contributed by atoms with E-state index in [2.05, 4.69) is 6.92 Å². The summed E-state index contributed by atoms with van der Waals surface area (Å²) >= 11 is 0. The monoisotopic (exact) mass is 277 g/mol. The Morgan fingerprint density at radius 3 is 2.42 bits per heavy atom. The molecule has 6 atom stereocenters. The molecule has 6 N–H and O–H groups in total. The van der Waals surface area contributed by atoms with E-state index in [0.29, 0.717) is 0 Å². The first-order valence-corrected chi connectivity index (χ1v) is 7.01. The van der Waals surface area contributed by atoms with Crippen LogP contribution >= 0.6 is 0 Å². The van der Waals surface area contributed by atoms with Crippen LogP contribution in [0.4, 0.5) is 0 Å². The summed E-state index contributed by atoms with van der Waals surface area (Å²) in [6, 6.07) is -0.319. The van der Waals surface area contributed by atoms with Gasteiger partial charge in [0.25, 0.3) is 0 Å². The van der Waals surface area contributed by atoms with Crippen LogP contribution in [-0.4, -0.2) is 56.7 Å². The second kappa shape index (κ2) is 6.97. The molecule has 19 heavy (non-hydrogen) atoms. The molecule has 1 aliphatic rings. The van der Waals surface area contributed by atoms with Crippen LogP contribution in [0.5, 0.6) is 0 Å². The Hall–Kier alpha value is -0.240. The Labute approximate surface area is 114 Å². The predicted octanol–water partition coefficient (Wildman–Crippen LogP) is -0.526. The van der Waals surface area contributed by atoms with E-state index < -0.39 is 30.2 Å². The molecule has 0 amide bonds. The summed E-state index contributed by atoms with van der Waals surface area (Å²) in [5.74, 6) is -1.90. The number of hydrogen-bond acceptors (Lipinski definition) is 6. The smallest absolute Gasteiger partial charge is 0.196 e. The number of rotatable bonds is 6. The van der Waals surface area contributed by atoms with Crippen molar-refractivity contribution in [2.75, 3.05) is 0 Å². The van der Waals surface area contributed by atoms with Crippen molar-refractivity contribution >= 4 is 0 Å². The average Bonchev–Trinajstić information content (AvgIpc) is 2.34. The number of unbranched alkanes of at least 4 members (excludes halogenated alkanes) is 2. The zero-order chi connectivity index (χ0) is 14.6. The van der Waals surface area contributed by atoms with Gasteiger partial charge in [0.1, 0.15) is 18.3 Å². The van der Waals surface area contributed by atoms with Crippen molar-refractivity contribution < 1.29 is 25.2 Å². The van der Waals surface area contributed by atoms with Gasteiger partial charge in [-0.3, -0.25) is 0 Å². The molecule has 6 nitrogen and oxygen atoms in total. The van der Waals surface area contributed by atoms with Crippen molar-refractivity contribution in [2.45, 2.75) is 82.2 Å². The summed E-state index contributed by atoms with van der Waals surface area (Å²) in [4.78, 5) is 0. The van der Waals surface area contributed by atoms with Gasteiger partial charge < -0.3 is 30.9 Å². The highest BCUT2D eigenvalue weighted by molar-refractivity contribution is 4.96. The molecule has 1 heterocycles. The first-order chi connectivity index (χ1) is 8.81. The lowest BCUT2D eigenvalue weighted by Crippen LogP contribution is -2.64. The van der Waals surface area contributed by atoms with Gasteiger partial charge in [0.2, 0.25) is 0 Å². The standard InChI is InChI=1S/C13H27NO5/c1-3-4-5-6-9(14)7-13(18)12(17)11(16)10(15)8(2)19-13/h8-12,15-18H,3-7,14H2,1-2H3/t8-,9?,10+,11+,12-,13+/m0/s1. The summed E-state index contributed by atoms with van der Waals surface area (Å²) < 4.78 is 5.26. The van der Waals surface area contributed by atoms with Crippen molar-refractivity contribution in [3.63, 3.8) is 0 Å². The third kappa shape index (κ3) is 4.11. The highest BCUT2D eigenvalue weighted by Crippen LogP contribution is 2.31. The van der Waals surface area contributed by atoms with E-state index in [9.17, 15) is 20.4 Å². The summed E-state index contributed by atoms with van der Waals surface area (Å²) in [7, 11) is 0. The van der Waals surface area contributed by atoms with Crippen LogP contribution in [0.1, 0.15) is 46.0 Å². The van der Waals surface area contributed by atoms with E-state index in [1.165, 1.54) is 6.92 Å². The highest BCUT2D eigenvalue weighted by Gasteiger charge is 2.51. The van der Waals surface area contributed by atoms with Crippen LogP contribution in [-0.2, 0) is 4.74 Å². The maximum atomic E-state index is 10.3. The van der Waals surface area contributed by atoms with Gasteiger partial charge in [-0.05, 0) is 13.3 Å². The first kappa shape index (κ1) is 16.8. The predicted molar refractivity (Wildman–Crippen MR) is 70.3 cm³/mol. The van der Waals surface area contributed by atoms with E-state index in [4.69, 9.17) is 10.5 Å². The second-order valence-corrected chi connectivity index (χ2v) is 5.55. The van der Waals surface area contributed by atoms with E-state index in [1.54, 1.807) is 0 Å². The van der Waals surface area contributed by atoms with Gasteiger partial charge in [0, 0.05) is 12.5 Å². The number of aliphatic hydroxyl groups is 4. The molecule has 114 valence electrons. The van der Waals surface area contributed by atoms with Gasteiger partial charge in [-0.2, -0.15) is 0 Å². The van der Waals surface area contributed by atoms with Crippen LogP contribution in [0.3, 0.4) is 0 Å². The number of nitrogens with two attached hydrogens (primary N) is 1. The molecule has 6 heteroatoms. The van der Waals surface area contributed by atoms with Crippen molar-refractivity contribution in [1.29, 1.82) is 0 Å². The molecule has 0 radical (unpaired) electrons. The minimum atomic E-state index is -1.90. The van der Waals surface area contributed by atoms with E-state index in [-0.39, 0.29) is 12.5 Å². The highest BCUT2D eigenvalue weighted by atomic mass is 16.7. The van der Waals surface area contributed by atoms with Gasteiger partial charge in [0.05, 0.1) is 6.10 Å². The molecule has 1 unspecified atom stereocenters. The quantitative estimate of drug-likeness (QED) is 0.417. The maximum absolute atomic E-state index is 10.3. The minimum absolute atomic E-state index is 0.0337. The van der Waals surface area contributed by atoms with Gasteiger partial charge in [-0.1, -0.05) is 26.2 Å². The Bertz CT molecular complexity index is 278. The Morgan fingerprint density at radius 1 is 1.21 bits per heavy atom. The molecule has 1 aliphatic heterocycles. The summed E-state index contributed by atoms with van der Waals surface area (Å²) in [6.45, 7) is 3.62. The van der Waals surface area contributed by atoms with Gasteiger partial charge >= 0.3 is 0 Å². The van der Waals surface area contributed by atoms with Crippen LogP contribution in [0, 0.1) is 0 Å². The molecule has 0 aromatic rings. The van der Waals surface area contributed by atoms with Crippen molar-refractivity contribution in [3.8, 4) is 0 Å². The van der Waals surface area contributed by atoms with Crippen molar-refractivity contribution in [2.24, 2.45) is 5.73 Å². The van der Waals surface area contributed by atoms with Crippen LogP contribution in [0.25, 0.3) is 0 Å². The largest absolute Gasteiger partial charge is 0.388 e. The van der Waals surface area contributed by atoms with E-state index >= 15 is 0 Å². The van der Waals surface area contributed by atoms with Gasteiger partial charge in [-0.15, -0.1) is 0 Å². The molecule has 0 aromatic carbocycles. The molecule has 1 rings (SSSR count). The Kier molecular flexibility index (Phi) is 6.16. The topological polar surface area (TPSA) is 116 Å². The SMILES string of the molecule is CCCCCC(N)C[C@@]1(O)O[C@@H](C)[C@@H](O)[C@@H](O)[C@@H]1O. The summed E-state index contributed by atoms with van der Waals surface area (Å²) in [5.41, 5.74) is 5.92. The Morgan fingerprint density at radius 2 is 1.84 bits per heavy atom. The zero-order valence-corrected chi connectivity index (χ0v) is 11.7. The Balaban J connectivity index is 2.58. The molecule has 0 bridgehead atoms.